The molecular weight excluding hydrogens is 126 g/mol. The highest BCUT2D eigenvalue weighted by Crippen LogP contribution is 2.00. The van der Waals surface area contributed by atoms with Gasteiger partial charge in [-0.3, -0.25) is 0 Å². The number of hydrogen-bond acceptors (Lipinski definition) is 3. The van der Waals surface area contributed by atoms with Gasteiger partial charge in [-0.15, -0.1) is 0 Å². The highest BCUT2D eigenvalue weighted by atomic mass is 15.1. The molecule has 0 radical (unpaired) electrons. The first-order valence-electron chi connectivity index (χ1n) is 3.32. The highest BCUT2D eigenvalue weighted by Gasteiger charge is 1.95. The van der Waals surface area contributed by atoms with E-state index in [1.165, 1.54) is 5.56 Å². The van der Waals surface area contributed by atoms with Crippen LogP contribution in [0.25, 0.3) is 0 Å². The summed E-state index contributed by atoms with van der Waals surface area (Å²) in [7, 11) is 0. The lowest BCUT2D eigenvalue weighted by molar-refractivity contribution is 0.853. The van der Waals surface area contributed by atoms with Crippen LogP contribution in [0.4, 0.5) is 0 Å². The summed E-state index contributed by atoms with van der Waals surface area (Å²) < 4.78 is 0. The van der Waals surface area contributed by atoms with E-state index in [4.69, 9.17) is 5.73 Å². The summed E-state index contributed by atoms with van der Waals surface area (Å²) in [5.74, 6) is 0. The Labute approximate surface area is 60.3 Å². The van der Waals surface area contributed by atoms with Crippen LogP contribution in [0.5, 0.6) is 0 Å². The average Bonchev–Trinajstić information content (AvgIpc) is 1.94. The van der Waals surface area contributed by atoms with Crippen LogP contribution < -0.4 is 5.73 Å². The lowest BCUT2D eigenvalue weighted by atomic mass is 10.2. The van der Waals surface area contributed by atoms with E-state index in [0.29, 0.717) is 6.54 Å². The van der Waals surface area contributed by atoms with Crippen molar-refractivity contribution in [2.75, 3.05) is 6.54 Å². The number of nitrogens with zero attached hydrogens (tertiary/aromatic N) is 2. The zero-order valence-corrected chi connectivity index (χ0v) is 6.04. The molecule has 10 heavy (non-hydrogen) atoms. The Morgan fingerprint density at radius 1 is 1.60 bits per heavy atom. The molecule has 0 aliphatic carbocycles. The second kappa shape index (κ2) is 3.27. The lowest BCUT2D eigenvalue weighted by Gasteiger charge is -1.98. The Morgan fingerprint density at radius 2 is 2.40 bits per heavy atom. The molecule has 3 nitrogen and oxygen atoms in total. The Morgan fingerprint density at radius 3 is 3.00 bits per heavy atom. The van der Waals surface area contributed by atoms with Gasteiger partial charge in [0, 0.05) is 12.6 Å². The standard InChI is InChI=1S/C7H11N3/c1-6-3-5-9-10-7(6)2-4-8/h3,5H,2,4,8H2,1H3. The monoisotopic (exact) mass is 137 g/mol. The number of nitrogens with two attached hydrogens (primary N) is 1. The Kier molecular flexibility index (Phi) is 2.34. The van der Waals surface area contributed by atoms with Gasteiger partial charge in [-0.1, -0.05) is 0 Å². The SMILES string of the molecule is Cc1ccnnc1CCN. The van der Waals surface area contributed by atoms with Crippen molar-refractivity contribution < 1.29 is 0 Å². The van der Waals surface area contributed by atoms with Crippen LogP contribution >= 0.6 is 0 Å². The summed E-state index contributed by atoms with van der Waals surface area (Å²) in [5, 5.41) is 7.70. The van der Waals surface area contributed by atoms with Crippen LogP contribution in [0, 0.1) is 6.92 Å². The van der Waals surface area contributed by atoms with Crippen molar-refractivity contribution in [2.24, 2.45) is 5.73 Å². The molecular formula is C7H11N3. The van der Waals surface area contributed by atoms with Gasteiger partial charge in [0.2, 0.25) is 0 Å². The molecule has 0 aliphatic heterocycles. The predicted molar refractivity (Wildman–Crippen MR) is 39.5 cm³/mol. The van der Waals surface area contributed by atoms with Crippen LogP contribution in [-0.2, 0) is 6.42 Å². The van der Waals surface area contributed by atoms with Crippen LogP contribution in [0.15, 0.2) is 12.3 Å². The Hall–Kier alpha value is -0.960. The molecule has 0 aromatic carbocycles. The van der Waals surface area contributed by atoms with Crippen LogP contribution in [0.2, 0.25) is 0 Å². The summed E-state index contributed by atoms with van der Waals surface area (Å²) in [6.45, 7) is 2.65. The predicted octanol–water partition coefficient (Wildman–Crippen LogP) is 0.286. The fraction of sp³-hybridized carbons (Fsp3) is 0.429. The third kappa shape index (κ3) is 1.51. The number of aryl methyl sites for hydroxylation is 1. The largest absolute Gasteiger partial charge is 0.330 e. The molecule has 0 bridgehead atoms. The van der Waals surface area contributed by atoms with Crippen molar-refractivity contribution in [1.29, 1.82) is 0 Å². The third-order valence-electron chi connectivity index (χ3n) is 1.41. The Balaban J connectivity index is 2.81. The molecule has 54 valence electrons. The first-order chi connectivity index (χ1) is 4.84. The molecule has 0 amide bonds. The minimum atomic E-state index is 0.638. The smallest absolute Gasteiger partial charge is 0.0672 e. The van der Waals surface area contributed by atoms with Crippen LogP contribution in [0.1, 0.15) is 11.3 Å². The minimum absolute atomic E-state index is 0.638. The molecule has 1 aromatic heterocycles. The van der Waals surface area contributed by atoms with Gasteiger partial charge >= 0.3 is 0 Å². The molecule has 0 saturated heterocycles. The van der Waals surface area contributed by atoms with Gasteiger partial charge in [-0.2, -0.15) is 10.2 Å². The van der Waals surface area contributed by atoms with Gasteiger partial charge in [0.25, 0.3) is 0 Å². The molecule has 1 heterocycles. The van der Waals surface area contributed by atoms with Crippen LogP contribution in [-0.4, -0.2) is 16.7 Å². The number of hydrogen-bond donors (Lipinski definition) is 1. The van der Waals surface area contributed by atoms with E-state index >= 15 is 0 Å². The molecule has 1 rings (SSSR count). The number of rotatable bonds is 2. The molecule has 2 N–H and O–H groups in total. The topological polar surface area (TPSA) is 51.8 Å². The van der Waals surface area contributed by atoms with Gasteiger partial charge < -0.3 is 5.73 Å². The number of aromatic nitrogens is 2. The van der Waals surface area contributed by atoms with E-state index in [0.717, 1.165) is 12.1 Å². The second-order valence-electron chi connectivity index (χ2n) is 2.20. The van der Waals surface area contributed by atoms with Gasteiger partial charge in [0.05, 0.1) is 5.69 Å². The summed E-state index contributed by atoms with van der Waals surface area (Å²) in [6.07, 6.45) is 2.51. The van der Waals surface area contributed by atoms with Crippen LogP contribution in [0.3, 0.4) is 0 Å². The van der Waals surface area contributed by atoms with Crippen molar-refractivity contribution in [3.8, 4) is 0 Å². The maximum Gasteiger partial charge on any atom is 0.0672 e. The molecule has 0 fully saturated rings. The summed E-state index contributed by atoms with van der Waals surface area (Å²) in [5.41, 5.74) is 7.53. The van der Waals surface area contributed by atoms with Crippen molar-refractivity contribution in [3.63, 3.8) is 0 Å². The first kappa shape index (κ1) is 7.15. The quantitative estimate of drug-likeness (QED) is 0.637. The summed E-state index contributed by atoms with van der Waals surface area (Å²) in [4.78, 5) is 0. The highest BCUT2D eigenvalue weighted by molar-refractivity contribution is 5.14. The molecule has 1 aromatic rings. The maximum absolute atomic E-state index is 5.36. The van der Waals surface area contributed by atoms with Crippen molar-refractivity contribution in [2.45, 2.75) is 13.3 Å². The summed E-state index contributed by atoms with van der Waals surface area (Å²) in [6, 6.07) is 1.94. The Bertz CT molecular complexity index is 210. The summed E-state index contributed by atoms with van der Waals surface area (Å²) >= 11 is 0. The molecule has 0 atom stereocenters. The van der Waals surface area contributed by atoms with Crippen molar-refractivity contribution in [3.05, 3.63) is 23.5 Å². The molecule has 0 saturated carbocycles. The zero-order valence-electron chi connectivity index (χ0n) is 6.04. The van der Waals surface area contributed by atoms with Gasteiger partial charge in [-0.25, -0.2) is 0 Å². The van der Waals surface area contributed by atoms with Crippen molar-refractivity contribution in [1.82, 2.24) is 10.2 Å². The van der Waals surface area contributed by atoms with E-state index in [1.54, 1.807) is 6.20 Å². The maximum atomic E-state index is 5.36. The zero-order chi connectivity index (χ0) is 7.40. The lowest BCUT2D eigenvalue weighted by Crippen LogP contribution is -2.06. The van der Waals surface area contributed by atoms with Gasteiger partial charge in [-0.05, 0) is 25.1 Å². The van der Waals surface area contributed by atoms with E-state index in [2.05, 4.69) is 10.2 Å². The van der Waals surface area contributed by atoms with Crippen molar-refractivity contribution >= 4 is 0 Å². The molecule has 0 aliphatic rings. The minimum Gasteiger partial charge on any atom is -0.330 e. The second-order valence-corrected chi connectivity index (χ2v) is 2.20. The van der Waals surface area contributed by atoms with Gasteiger partial charge in [0.1, 0.15) is 0 Å². The fourth-order valence-corrected chi connectivity index (χ4v) is 0.807. The van der Waals surface area contributed by atoms with Gasteiger partial charge in [0.15, 0.2) is 0 Å². The fourth-order valence-electron chi connectivity index (χ4n) is 0.807. The van der Waals surface area contributed by atoms with E-state index in [9.17, 15) is 0 Å². The molecule has 0 spiro atoms. The average molecular weight is 137 g/mol. The van der Waals surface area contributed by atoms with E-state index < -0.39 is 0 Å². The normalized spacial score (nSPS) is 9.80. The molecule has 0 unspecified atom stereocenters. The van der Waals surface area contributed by atoms with E-state index in [1.807, 2.05) is 13.0 Å². The third-order valence-corrected chi connectivity index (χ3v) is 1.41. The molecule has 3 heteroatoms. The van der Waals surface area contributed by atoms with E-state index in [-0.39, 0.29) is 0 Å². The first-order valence-corrected chi connectivity index (χ1v) is 3.32.